The van der Waals surface area contributed by atoms with Crippen molar-refractivity contribution in [2.45, 2.75) is 92.0 Å². The number of hydrogen-bond acceptors (Lipinski definition) is 6. The van der Waals surface area contributed by atoms with Crippen LogP contribution in [0.1, 0.15) is 78.2 Å². The Morgan fingerprint density at radius 2 is 1.87 bits per heavy atom. The first kappa shape index (κ1) is 28.8. The highest BCUT2D eigenvalue weighted by Gasteiger charge is 2.34. The molecule has 1 fully saturated rings. The molecule has 3 aromatic rings. The predicted molar refractivity (Wildman–Crippen MR) is 157 cm³/mol. The molecule has 8 heteroatoms. The molecule has 1 aromatic carbocycles. The lowest BCUT2D eigenvalue weighted by atomic mass is 9.82. The van der Waals surface area contributed by atoms with Gasteiger partial charge in [0, 0.05) is 34.5 Å². The highest BCUT2D eigenvalue weighted by atomic mass is 32.1. The van der Waals surface area contributed by atoms with Crippen molar-refractivity contribution in [1.82, 2.24) is 10.1 Å². The fourth-order valence-corrected chi connectivity index (χ4v) is 6.85. The molecule has 0 N–H and O–H groups in total. The molecule has 1 aliphatic rings. The zero-order valence-electron chi connectivity index (χ0n) is 24.2. The minimum Gasteiger partial charge on any atom is -0.444 e. The van der Waals surface area contributed by atoms with E-state index in [0.29, 0.717) is 5.92 Å². The van der Waals surface area contributed by atoms with Crippen LogP contribution in [0.3, 0.4) is 0 Å². The number of rotatable bonds is 7. The summed E-state index contributed by atoms with van der Waals surface area (Å²) in [6, 6.07) is 8.66. The number of ether oxygens (including phenoxy) is 1. The van der Waals surface area contributed by atoms with Crippen LogP contribution in [-0.4, -0.2) is 43.9 Å². The third-order valence-electron chi connectivity index (χ3n) is 7.00. The number of thiophene rings is 1. The molecule has 1 aliphatic heterocycles. The minimum absolute atomic E-state index is 0.0924. The highest BCUT2D eigenvalue weighted by Crippen LogP contribution is 2.46. The van der Waals surface area contributed by atoms with Gasteiger partial charge in [0.05, 0.1) is 11.8 Å². The van der Waals surface area contributed by atoms with Crippen LogP contribution < -0.4 is 0 Å². The topological polar surface area (TPSA) is 64.8 Å². The molecule has 6 nitrogen and oxygen atoms in total. The second-order valence-corrected chi connectivity index (χ2v) is 15.7. The van der Waals surface area contributed by atoms with Crippen LogP contribution in [0.15, 0.2) is 34.2 Å². The van der Waals surface area contributed by atoms with E-state index in [2.05, 4.69) is 68.7 Å². The van der Waals surface area contributed by atoms with Gasteiger partial charge < -0.3 is 18.6 Å². The fraction of sp³-hybridized carbons (Fsp3) is 0.600. The van der Waals surface area contributed by atoms with E-state index in [1.54, 1.807) is 11.3 Å². The van der Waals surface area contributed by atoms with Crippen molar-refractivity contribution >= 4 is 37.4 Å². The molecule has 0 spiro atoms. The van der Waals surface area contributed by atoms with Gasteiger partial charge in [-0.25, -0.2) is 4.79 Å². The number of amides is 1. The van der Waals surface area contributed by atoms with Gasteiger partial charge in [-0.3, -0.25) is 0 Å². The number of carbonyl (C=O) groups excluding carboxylic acids is 1. The van der Waals surface area contributed by atoms with Gasteiger partial charge >= 0.3 is 6.09 Å². The molecule has 0 bridgehead atoms. The molecule has 38 heavy (non-hydrogen) atoms. The summed E-state index contributed by atoms with van der Waals surface area (Å²) in [6.07, 6.45) is 3.57. The molecule has 0 saturated carbocycles. The quantitative estimate of drug-likeness (QED) is 0.274. The molecule has 207 valence electrons. The normalized spacial score (nSPS) is 16.4. The van der Waals surface area contributed by atoms with E-state index in [4.69, 9.17) is 13.7 Å². The Morgan fingerprint density at radius 1 is 1.16 bits per heavy atom. The van der Waals surface area contributed by atoms with E-state index in [9.17, 15) is 4.79 Å². The van der Waals surface area contributed by atoms with Crippen LogP contribution in [0.5, 0.6) is 0 Å². The molecule has 1 unspecified atom stereocenters. The lowest BCUT2D eigenvalue weighted by molar-refractivity contribution is 0.0181. The van der Waals surface area contributed by atoms with Crippen LogP contribution in [0.25, 0.3) is 21.4 Å². The second kappa shape index (κ2) is 11.5. The van der Waals surface area contributed by atoms with Crippen molar-refractivity contribution in [3.8, 4) is 10.4 Å². The number of piperidine rings is 1. The Morgan fingerprint density at radius 3 is 2.45 bits per heavy atom. The van der Waals surface area contributed by atoms with Crippen molar-refractivity contribution in [2.75, 3.05) is 13.1 Å². The summed E-state index contributed by atoms with van der Waals surface area (Å²) >= 11 is 1.74. The summed E-state index contributed by atoms with van der Waals surface area (Å²) in [6.45, 7) is 18.3. The highest BCUT2D eigenvalue weighted by molar-refractivity contribution is 7.13. The van der Waals surface area contributed by atoms with Crippen molar-refractivity contribution in [3.63, 3.8) is 0 Å². The monoisotopic (exact) mass is 555 g/mol. The number of hydrogen-bond donors (Lipinski definition) is 0. The van der Waals surface area contributed by atoms with Crippen LogP contribution >= 0.6 is 11.3 Å². The molecular weight excluding hydrogens is 512 g/mol. The van der Waals surface area contributed by atoms with Crippen LogP contribution in [0, 0.1) is 11.3 Å². The Balaban J connectivity index is 1.54. The zero-order chi connectivity index (χ0) is 27.7. The van der Waals surface area contributed by atoms with E-state index < -0.39 is 14.6 Å². The van der Waals surface area contributed by atoms with Gasteiger partial charge in [-0.1, -0.05) is 38.1 Å². The van der Waals surface area contributed by atoms with Crippen LogP contribution in [-0.2, 0) is 15.6 Å². The summed E-state index contributed by atoms with van der Waals surface area (Å²) in [4.78, 5) is 15.5. The van der Waals surface area contributed by atoms with Gasteiger partial charge in [0.25, 0.3) is 0 Å². The molecule has 1 radical (unpaired) electrons. The third-order valence-corrected chi connectivity index (χ3v) is 8.61. The Bertz CT molecular complexity index is 1220. The summed E-state index contributed by atoms with van der Waals surface area (Å²) in [7, 11) is -0.949. The van der Waals surface area contributed by atoms with E-state index in [1.807, 2.05) is 25.7 Å². The first-order valence-electron chi connectivity index (χ1n) is 13.7. The average Bonchev–Trinajstić information content (AvgIpc) is 3.49. The standard InChI is InChI=1S/C30H43N2O4SSi/c1-29(2,3)27(36-38(7)8)25-22(24-10-9-19-37-24)13-12-21-23(31-35-26(21)25)14-11-20-15-17-32(18-16-20)28(33)34-30(4,5)6/h9-10,12-13,19-20,27H,11,14-18H2,1-8H3. The van der Waals surface area contributed by atoms with Gasteiger partial charge in [-0.15, -0.1) is 11.3 Å². The average molecular weight is 556 g/mol. The van der Waals surface area contributed by atoms with Crippen LogP contribution in [0.4, 0.5) is 4.79 Å². The van der Waals surface area contributed by atoms with E-state index in [1.165, 1.54) is 10.4 Å². The number of likely N-dealkylation sites (tertiary alicyclic amines) is 1. The predicted octanol–water partition coefficient (Wildman–Crippen LogP) is 8.49. The third kappa shape index (κ3) is 6.88. The Hall–Kier alpha value is -2.16. The number of aromatic nitrogens is 1. The van der Waals surface area contributed by atoms with Crippen molar-refractivity contribution in [3.05, 3.63) is 40.9 Å². The van der Waals surface area contributed by atoms with Gasteiger partial charge in [-0.05, 0) is 88.4 Å². The first-order valence-corrected chi connectivity index (χ1v) is 17.0. The number of carbonyl (C=O) groups is 1. The summed E-state index contributed by atoms with van der Waals surface area (Å²) in [5.74, 6) is 0.557. The Kier molecular flexibility index (Phi) is 8.74. The number of nitrogens with zero attached hydrogens (tertiary/aromatic N) is 2. The molecule has 0 aliphatic carbocycles. The van der Waals surface area contributed by atoms with Crippen molar-refractivity contribution in [1.29, 1.82) is 0 Å². The van der Waals surface area contributed by atoms with E-state index in [-0.39, 0.29) is 17.6 Å². The molecule has 1 amide bonds. The SMILES string of the molecule is C[Si](C)OC(c1c(-c2cccs2)ccc2c(CCC3CCN(C(=O)OC(C)(C)C)CC3)noc12)C(C)(C)C. The zero-order valence-corrected chi connectivity index (χ0v) is 26.0. The Labute approximate surface area is 233 Å². The molecule has 1 saturated heterocycles. The second-order valence-electron chi connectivity index (χ2n) is 12.7. The minimum atomic E-state index is -0.949. The summed E-state index contributed by atoms with van der Waals surface area (Å²) in [5, 5.41) is 7.79. The lowest BCUT2D eigenvalue weighted by Crippen LogP contribution is -2.41. The van der Waals surface area contributed by atoms with Gasteiger partial charge in [-0.2, -0.15) is 0 Å². The summed E-state index contributed by atoms with van der Waals surface area (Å²) < 4.78 is 18.3. The lowest BCUT2D eigenvalue weighted by Gasteiger charge is -2.34. The maximum atomic E-state index is 12.4. The molecule has 2 aromatic heterocycles. The smallest absolute Gasteiger partial charge is 0.410 e. The number of fused-ring (bicyclic) bond motifs is 1. The van der Waals surface area contributed by atoms with E-state index >= 15 is 0 Å². The molecular formula is C30H43N2O4SSi. The number of aryl methyl sites for hydroxylation is 1. The van der Waals surface area contributed by atoms with Crippen LogP contribution in [0.2, 0.25) is 13.1 Å². The van der Waals surface area contributed by atoms with Crippen molar-refractivity contribution in [2.24, 2.45) is 11.3 Å². The van der Waals surface area contributed by atoms with Gasteiger partial charge in [0.15, 0.2) is 5.58 Å². The maximum Gasteiger partial charge on any atom is 0.410 e. The molecule has 4 rings (SSSR count). The van der Waals surface area contributed by atoms with Crippen molar-refractivity contribution < 1.29 is 18.5 Å². The van der Waals surface area contributed by atoms with Gasteiger partial charge in [0.1, 0.15) is 5.60 Å². The molecule has 3 heterocycles. The first-order chi connectivity index (χ1) is 17.8. The van der Waals surface area contributed by atoms with E-state index in [0.717, 1.165) is 61.0 Å². The largest absolute Gasteiger partial charge is 0.444 e. The maximum absolute atomic E-state index is 12.4. The number of benzene rings is 1. The van der Waals surface area contributed by atoms with Gasteiger partial charge in [0.2, 0.25) is 9.04 Å². The molecule has 1 atom stereocenters. The summed E-state index contributed by atoms with van der Waals surface area (Å²) in [5.41, 5.74) is 3.60. The fourth-order valence-electron chi connectivity index (χ4n) is 5.14.